The van der Waals surface area contributed by atoms with Gasteiger partial charge in [-0.15, -0.1) is 0 Å². The van der Waals surface area contributed by atoms with Gasteiger partial charge in [-0.2, -0.15) is 17.6 Å². The largest absolute Gasteiger partial charge is 0.417 e. The van der Waals surface area contributed by atoms with Gasteiger partial charge in [-0.25, -0.2) is 22.0 Å². The first-order valence-electron chi connectivity index (χ1n) is 4.24. The molecule has 2 radical (unpaired) electrons. The Morgan fingerprint density at radius 1 is 0.889 bits per heavy atom. The summed E-state index contributed by atoms with van der Waals surface area (Å²) < 4.78 is 116. The fourth-order valence-electron chi connectivity index (χ4n) is 0.858. The molecule has 0 aromatic carbocycles. The summed E-state index contributed by atoms with van der Waals surface area (Å²) in [6.07, 6.45) is -12.9. The maximum Gasteiger partial charge on any atom is 0.346 e. The molecular formula is C7H7F9OSi. The highest BCUT2D eigenvalue weighted by Crippen LogP contribution is 2.44. The van der Waals surface area contributed by atoms with Crippen molar-refractivity contribution < 1.29 is 43.9 Å². The Bertz CT molecular complexity index is 261. The zero-order valence-corrected chi connectivity index (χ0v) is 9.62. The first kappa shape index (κ1) is 17.5. The van der Waals surface area contributed by atoms with Crippen LogP contribution in [-0.2, 0) is 4.43 Å². The Morgan fingerprint density at radius 2 is 1.33 bits per heavy atom. The molecule has 3 unspecified atom stereocenters. The van der Waals surface area contributed by atoms with Crippen LogP contribution in [0.25, 0.3) is 0 Å². The quantitative estimate of drug-likeness (QED) is 0.519. The van der Waals surface area contributed by atoms with Gasteiger partial charge in [-0.1, -0.05) is 0 Å². The summed E-state index contributed by atoms with van der Waals surface area (Å²) in [6, 6.07) is 0. The van der Waals surface area contributed by atoms with Gasteiger partial charge in [0.15, 0.2) is 12.0 Å². The lowest BCUT2D eigenvalue weighted by Crippen LogP contribution is -2.58. The van der Waals surface area contributed by atoms with Crippen molar-refractivity contribution in [3.8, 4) is 0 Å². The van der Waals surface area contributed by atoms with Crippen LogP contribution in [0.2, 0.25) is 0 Å². The summed E-state index contributed by atoms with van der Waals surface area (Å²) in [5.74, 6) is -15.2. The number of hydrogen-bond donors (Lipinski definition) is 0. The van der Waals surface area contributed by atoms with Crippen molar-refractivity contribution >= 4 is 9.76 Å². The van der Waals surface area contributed by atoms with Crippen molar-refractivity contribution in [2.45, 2.75) is 36.4 Å². The van der Waals surface area contributed by atoms with E-state index in [2.05, 4.69) is 4.43 Å². The lowest BCUT2D eigenvalue weighted by molar-refractivity contribution is -0.266. The molecule has 0 saturated heterocycles. The molecule has 0 N–H and O–H groups in total. The van der Waals surface area contributed by atoms with Crippen LogP contribution in [0, 0.1) is 0 Å². The maximum absolute atomic E-state index is 12.8. The van der Waals surface area contributed by atoms with Crippen LogP contribution < -0.4 is 0 Å². The molecule has 108 valence electrons. The Labute approximate surface area is 98.2 Å². The van der Waals surface area contributed by atoms with E-state index in [1.54, 1.807) is 0 Å². The van der Waals surface area contributed by atoms with Gasteiger partial charge in [0.25, 0.3) is 16.2 Å². The average molecular weight is 306 g/mol. The van der Waals surface area contributed by atoms with Crippen molar-refractivity contribution in [1.82, 2.24) is 0 Å². The highest BCUT2D eigenvalue weighted by atomic mass is 28.2. The Morgan fingerprint density at radius 3 is 1.67 bits per heavy atom. The van der Waals surface area contributed by atoms with Crippen LogP contribution >= 0.6 is 0 Å². The summed E-state index contributed by atoms with van der Waals surface area (Å²) in [6.45, 7) is 0. The Balaban J connectivity index is 5.10. The van der Waals surface area contributed by atoms with Crippen molar-refractivity contribution in [1.29, 1.82) is 0 Å². The van der Waals surface area contributed by atoms with Gasteiger partial charge in [-0.3, -0.25) is 0 Å². The molecule has 1 nitrogen and oxygen atoms in total. The maximum atomic E-state index is 12.8. The van der Waals surface area contributed by atoms with E-state index in [-0.39, 0.29) is 0 Å². The average Bonchev–Trinajstić information content (AvgIpc) is 2.26. The molecule has 0 spiro atoms. The summed E-state index contributed by atoms with van der Waals surface area (Å²) in [7, 11) is -1.07. The first-order chi connectivity index (χ1) is 8.00. The minimum absolute atomic E-state index is 0.712. The third kappa shape index (κ3) is 3.31. The highest BCUT2D eigenvalue weighted by molar-refractivity contribution is 6.29. The fraction of sp³-hybridized carbons (Fsp3) is 1.00. The molecule has 0 saturated carbocycles. The van der Waals surface area contributed by atoms with Gasteiger partial charge in [0.1, 0.15) is 0 Å². The van der Waals surface area contributed by atoms with Crippen molar-refractivity contribution in [3.63, 3.8) is 0 Å². The number of halogens is 9. The predicted octanol–water partition coefficient (Wildman–Crippen LogP) is 2.76. The van der Waals surface area contributed by atoms with Gasteiger partial charge < -0.3 is 4.43 Å². The molecule has 0 bridgehead atoms. The molecule has 0 aromatic heterocycles. The lowest BCUT2D eigenvalue weighted by Gasteiger charge is -2.31. The van der Waals surface area contributed by atoms with Gasteiger partial charge in [0.05, 0.1) is 0 Å². The summed E-state index contributed by atoms with van der Waals surface area (Å²) in [4.78, 5) is 0. The van der Waals surface area contributed by atoms with Gasteiger partial charge in [0.2, 0.25) is 6.17 Å². The normalized spacial score (nSPS) is 18.8. The van der Waals surface area contributed by atoms with E-state index in [0.717, 1.165) is 0 Å². The zero-order chi connectivity index (χ0) is 14.7. The second kappa shape index (κ2) is 6.13. The number of alkyl halides is 9. The Hall–Kier alpha value is -0.453. The molecule has 0 aromatic rings. The first-order valence-corrected chi connectivity index (χ1v) is 5.23. The van der Waals surface area contributed by atoms with E-state index < -0.39 is 46.2 Å². The minimum atomic E-state index is -5.92. The monoisotopic (exact) mass is 306 g/mol. The van der Waals surface area contributed by atoms with Crippen molar-refractivity contribution in [2.75, 3.05) is 7.11 Å². The van der Waals surface area contributed by atoms with E-state index in [4.69, 9.17) is 0 Å². The van der Waals surface area contributed by atoms with Crippen LogP contribution in [0.5, 0.6) is 0 Å². The van der Waals surface area contributed by atoms with Crippen LogP contribution in [0.1, 0.15) is 0 Å². The summed E-state index contributed by atoms with van der Waals surface area (Å²) in [5, 5.41) is 0. The summed E-state index contributed by atoms with van der Waals surface area (Å²) in [5.41, 5.74) is 0. The van der Waals surface area contributed by atoms with E-state index in [1.807, 2.05) is 0 Å². The zero-order valence-electron chi connectivity index (χ0n) is 8.62. The third-order valence-corrected chi connectivity index (χ3v) is 2.66. The van der Waals surface area contributed by atoms with Gasteiger partial charge >= 0.3 is 11.8 Å². The van der Waals surface area contributed by atoms with Crippen LogP contribution in [0.4, 0.5) is 39.5 Å². The van der Waals surface area contributed by atoms with E-state index in [1.165, 1.54) is 0 Å². The summed E-state index contributed by atoms with van der Waals surface area (Å²) >= 11 is 0. The SMILES string of the molecule is CO[Si]C(F)C(F)(F)C(F)(F)C(F)C(F)C(F)F. The van der Waals surface area contributed by atoms with Crippen LogP contribution in [0.3, 0.4) is 0 Å². The lowest BCUT2D eigenvalue weighted by atomic mass is 10.0. The van der Waals surface area contributed by atoms with E-state index in [0.29, 0.717) is 7.11 Å². The molecule has 0 rings (SSSR count). The van der Waals surface area contributed by atoms with E-state index in [9.17, 15) is 39.5 Å². The third-order valence-electron chi connectivity index (χ3n) is 1.85. The molecule has 0 amide bonds. The molecule has 0 aliphatic heterocycles. The second-order valence-corrected chi connectivity index (χ2v) is 4.26. The predicted molar refractivity (Wildman–Crippen MR) is 43.3 cm³/mol. The number of hydrogen-bond acceptors (Lipinski definition) is 1. The molecule has 3 atom stereocenters. The highest BCUT2D eigenvalue weighted by Gasteiger charge is 2.69. The standard InChI is InChI=1S/C7H7F9OSi/c1-17-18-5(12)7(15,16)6(13,14)3(9)2(8)4(10)11/h2-5H,1H3. The minimum Gasteiger partial charge on any atom is -0.417 e. The second-order valence-electron chi connectivity index (χ2n) is 3.11. The molecule has 18 heavy (non-hydrogen) atoms. The smallest absolute Gasteiger partial charge is 0.346 e. The van der Waals surface area contributed by atoms with Crippen LogP contribution in [-0.4, -0.2) is 53.3 Å². The topological polar surface area (TPSA) is 9.23 Å². The molecule has 0 fully saturated rings. The van der Waals surface area contributed by atoms with Crippen molar-refractivity contribution in [2.24, 2.45) is 0 Å². The van der Waals surface area contributed by atoms with E-state index >= 15 is 0 Å². The molecular weight excluding hydrogens is 299 g/mol. The molecule has 11 heteroatoms. The van der Waals surface area contributed by atoms with Crippen molar-refractivity contribution in [3.05, 3.63) is 0 Å². The molecule has 0 aliphatic rings. The fourth-order valence-corrected chi connectivity index (χ4v) is 1.41. The van der Waals surface area contributed by atoms with Gasteiger partial charge in [0, 0.05) is 7.11 Å². The molecule has 0 heterocycles. The van der Waals surface area contributed by atoms with Crippen LogP contribution in [0.15, 0.2) is 0 Å². The Kier molecular flexibility index (Phi) is 5.97. The van der Waals surface area contributed by atoms with Gasteiger partial charge in [-0.05, 0) is 0 Å². The molecule has 0 aliphatic carbocycles. The number of rotatable bonds is 7.